The van der Waals surface area contributed by atoms with Crippen molar-refractivity contribution in [3.8, 4) is 11.5 Å². The standard InChI is InChI=1S/C23H21F3N3O2/c1-22(2,3)20-10-11-29(20)21(30)18-7-4-14-12-15(5-8-17(14)28-18)31-16-6-9-19(27-13-16)23(24,25)26/h4-10,12-13,20H,11H2,1-3H3. The van der Waals surface area contributed by atoms with E-state index in [0.717, 1.165) is 17.6 Å². The normalized spacial score (nSPS) is 16.8. The van der Waals surface area contributed by atoms with Gasteiger partial charge in [-0.05, 0) is 41.8 Å². The number of nitrogens with zero attached hydrogens (tertiary/aromatic N) is 3. The smallest absolute Gasteiger partial charge is 0.433 e. The fraction of sp³-hybridized carbons (Fsp3) is 0.304. The molecule has 4 rings (SSSR count). The Morgan fingerprint density at radius 1 is 1.06 bits per heavy atom. The van der Waals surface area contributed by atoms with E-state index in [1.807, 2.05) is 4.90 Å². The Morgan fingerprint density at radius 2 is 1.81 bits per heavy atom. The van der Waals surface area contributed by atoms with E-state index in [9.17, 15) is 18.0 Å². The highest BCUT2D eigenvalue weighted by molar-refractivity contribution is 5.96. The Morgan fingerprint density at radius 3 is 2.39 bits per heavy atom. The molecule has 0 spiro atoms. The maximum Gasteiger partial charge on any atom is 0.433 e. The van der Waals surface area contributed by atoms with Crippen LogP contribution in [0.2, 0.25) is 0 Å². The minimum atomic E-state index is -4.50. The monoisotopic (exact) mass is 428 g/mol. The van der Waals surface area contributed by atoms with Crippen LogP contribution >= 0.6 is 0 Å². The highest BCUT2D eigenvalue weighted by atomic mass is 19.4. The van der Waals surface area contributed by atoms with Crippen LogP contribution in [0.25, 0.3) is 10.9 Å². The quantitative estimate of drug-likeness (QED) is 0.552. The van der Waals surface area contributed by atoms with Crippen LogP contribution < -0.4 is 4.74 Å². The van der Waals surface area contributed by atoms with Crippen molar-refractivity contribution in [2.24, 2.45) is 5.41 Å². The Balaban J connectivity index is 1.51. The lowest BCUT2D eigenvalue weighted by Crippen LogP contribution is -2.57. The molecule has 1 amide bonds. The maximum absolute atomic E-state index is 12.9. The summed E-state index contributed by atoms with van der Waals surface area (Å²) in [6, 6.07) is 10.7. The summed E-state index contributed by atoms with van der Waals surface area (Å²) in [5.41, 5.74) is -0.0197. The summed E-state index contributed by atoms with van der Waals surface area (Å²) in [6.07, 6.45) is -1.34. The van der Waals surface area contributed by atoms with Crippen LogP contribution in [0.4, 0.5) is 13.2 Å². The number of benzene rings is 1. The number of hydrogen-bond acceptors (Lipinski definition) is 4. The third-order valence-electron chi connectivity index (χ3n) is 5.15. The molecule has 1 aliphatic heterocycles. The molecule has 5 nitrogen and oxygen atoms in total. The van der Waals surface area contributed by atoms with Gasteiger partial charge in [0.1, 0.15) is 22.9 Å². The first kappa shape index (κ1) is 21.1. The molecule has 161 valence electrons. The number of rotatable bonds is 3. The Hall–Kier alpha value is -3.16. The fourth-order valence-electron chi connectivity index (χ4n) is 3.52. The van der Waals surface area contributed by atoms with Gasteiger partial charge in [0, 0.05) is 24.4 Å². The van der Waals surface area contributed by atoms with Crippen LogP contribution in [-0.4, -0.2) is 33.4 Å². The average Bonchev–Trinajstić information content (AvgIpc) is 2.65. The summed E-state index contributed by atoms with van der Waals surface area (Å²) < 4.78 is 43.5. The minimum Gasteiger partial charge on any atom is -0.456 e. The summed E-state index contributed by atoms with van der Waals surface area (Å²) in [4.78, 5) is 22.5. The van der Waals surface area contributed by atoms with Crippen molar-refractivity contribution in [1.82, 2.24) is 14.9 Å². The van der Waals surface area contributed by atoms with E-state index in [2.05, 4.69) is 37.2 Å². The summed E-state index contributed by atoms with van der Waals surface area (Å²) in [5.74, 6) is 0.509. The lowest BCUT2D eigenvalue weighted by atomic mass is 9.79. The van der Waals surface area contributed by atoms with Gasteiger partial charge in [-0.1, -0.05) is 26.8 Å². The third kappa shape index (κ3) is 4.33. The van der Waals surface area contributed by atoms with Gasteiger partial charge < -0.3 is 9.64 Å². The van der Waals surface area contributed by atoms with Gasteiger partial charge in [0.2, 0.25) is 0 Å². The van der Waals surface area contributed by atoms with Crippen molar-refractivity contribution >= 4 is 16.8 Å². The van der Waals surface area contributed by atoms with Crippen molar-refractivity contribution in [3.63, 3.8) is 0 Å². The van der Waals surface area contributed by atoms with Gasteiger partial charge in [0.15, 0.2) is 0 Å². The summed E-state index contributed by atoms with van der Waals surface area (Å²) >= 11 is 0. The summed E-state index contributed by atoms with van der Waals surface area (Å²) in [6.45, 7) is 6.88. The van der Waals surface area contributed by atoms with E-state index in [1.54, 1.807) is 30.3 Å². The molecule has 3 aromatic rings. The number of carbonyl (C=O) groups excluding carboxylic acids is 1. The lowest BCUT2D eigenvalue weighted by Gasteiger charge is -2.48. The Kier molecular flexibility index (Phi) is 5.11. The zero-order chi connectivity index (χ0) is 22.4. The van der Waals surface area contributed by atoms with Crippen molar-refractivity contribution in [2.75, 3.05) is 6.54 Å². The van der Waals surface area contributed by atoms with Gasteiger partial charge in [-0.3, -0.25) is 4.79 Å². The molecule has 0 saturated carbocycles. The number of ether oxygens (including phenoxy) is 1. The average molecular weight is 428 g/mol. The number of amides is 1. The van der Waals surface area contributed by atoms with Gasteiger partial charge in [0.05, 0.1) is 11.7 Å². The Bertz CT molecular complexity index is 1120. The second kappa shape index (κ2) is 7.51. The molecule has 1 aromatic carbocycles. The number of alkyl halides is 3. The minimum absolute atomic E-state index is 0.0375. The van der Waals surface area contributed by atoms with E-state index >= 15 is 0 Å². The topological polar surface area (TPSA) is 55.3 Å². The van der Waals surface area contributed by atoms with Crippen LogP contribution in [-0.2, 0) is 6.18 Å². The number of pyridine rings is 2. The van der Waals surface area contributed by atoms with E-state index in [0.29, 0.717) is 23.5 Å². The number of fused-ring (bicyclic) bond motifs is 1. The third-order valence-corrected chi connectivity index (χ3v) is 5.15. The molecule has 31 heavy (non-hydrogen) atoms. The zero-order valence-corrected chi connectivity index (χ0v) is 17.3. The Labute approximate surface area is 177 Å². The van der Waals surface area contributed by atoms with E-state index < -0.39 is 11.9 Å². The molecule has 2 aromatic heterocycles. The van der Waals surface area contributed by atoms with Crippen LogP contribution in [0, 0.1) is 11.8 Å². The molecule has 0 N–H and O–H groups in total. The molecule has 1 unspecified atom stereocenters. The highest BCUT2D eigenvalue weighted by Crippen LogP contribution is 2.34. The first-order valence-electron chi connectivity index (χ1n) is 9.78. The van der Waals surface area contributed by atoms with E-state index in [4.69, 9.17) is 4.74 Å². The largest absolute Gasteiger partial charge is 0.456 e. The number of hydrogen-bond donors (Lipinski definition) is 0. The molecular weight excluding hydrogens is 407 g/mol. The SMILES string of the molecule is CC(C)(C)C1[CH]CN1C(=O)c1ccc2cc(Oc3ccc(C(F)(F)F)nc3)ccc2n1. The summed E-state index contributed by atoms with van der Waals surface area (Å²) in [5, 5.41) is 0.747. The number of likely N-dealkylation sites (tertiary alicyclic amines) is 1. The fourth-order valence-corrected chi connectivity index (χ4v) is 3.52. The molecule has 1 fully saturated rings. The molecule has 1 radical (unpaired) electrons. The van der Waals surface area contributed by atoms with Crippen LogP contribution in [0.15, 0.2) is 48.7 Å². The van der Waals surface area contributed by atoms with Crippen LogP contribution in [0.1, 0.15) is 37.0 Å². The van der Waals surface area contributed by atoms with Crippen molar-refractivity contribution in [1.29, 1.82) is 0 Å². The highest BCUT2D eigenvalue weighted by Gasteiger charge is 2.41. The van der Waals surface area contributed by atoms with Gasteiger partial charge in [0.25, 0.3) is 5.91 Å². The molecule has 1 saturated heterocycles. The second-order valence-electron chi connectivity index (χ2n) is 8.53. The molecule has 0 bridgehead atoms. The second-order valence-corrected chi connectivity index (χ2v) is 8.53. The van der Waals surface area contributed by atoms with E-state index in [-0.39, 0.29) is 23.1 Å². The first-order chi connectivity index (χ1) is 14.5. The lowest BCUT2D eigenvalue weighted by molar-refractivity contribution is -0.141. The van der Waals surface area contributed by atoms with Gasteiger partial charge >= 0.3 is 6.18 Å². The van der Waals surface area contributed by atoms with E-state index in [1.165, 1.54) is 6.07 Å². The van der Waals surface area contributed by atoms with Gasteiger partial charge in [-0.15, -0.1) is 0 Å². The number of halogens is 3. The molecule has 0 aliphatic carbocycles. The van der Waals surface area contributed by atoms with Crippen molar-refractivity contribution < 1.29 is 22.7 Å². The van der Waals surface area contributed by atoms with Gasteiger partial charge in [-0.2, -0.15) is 13.2 Å². The number of aromatic nitrogens is 2. The van der Waals surface area contributed by atoms with Crippen molar-refractivity contribution in [2.45, 2.75) is 33.0 Å². The van der Waals surface area contributed by atoms with Gasteiger partial charge in [-0.25, -0.2) is 9.97 Å². The van der Waals surface area contributed by atoms with Crippen LogP contribution in [0.5, 0.6) is 11.5 Å². The zero-order valence-electron chi connectivity index (χ0n) is 17.3. The van der Waals surface area contributed by atoms with Crippen LogP contribution in [0.3, 0.4) is 0 Å². The predicted molar refractivity (Wildman–Crippen MR) is 110 cm³/mol. The number of carbonyl (C=O) groups is 1. The summed E-state index contributed by atoms with van der Waals surface area (Å²) in [7, 11) is 0. The predicted octanol–water partition coefficient (Wildman–Crippen LogP) is 5.52. The first-order valence-corrected chi connectivity index (χ1v) is 9.78. The molecule has 1 atom stereocenters. The molecular formula is C23H21F3N3O2. The maximum atomic E-state index is 12.9. The van der Waals surface area contributed by atoms with Crippen molar-refractivity contribution in [3.05, 3.63) is 66.5 Å². The molecule has 3 heterocycles. The molecule has 8 heteroatoms. The molecule has 1 aliphatic rings.